The first-order valence-corrected chi connectivity index (χ1v) is 7.09. The Labute approximate surface area is 105 Å². The first-order chi connectivity index (χ1) is 8.15. The predicted molar refractivity (Wildman–Crippen MR) is 70.0 cm³/mol. The molecule has 3 heteroatoms. The maximum absolute atomic E-state index is 11.6. The van der Waals surface area contributed by atoms with Crippen LogP contribution in [0.1, 0.15) is 59.3 Å². The van der Waals surface area contributed by atoms with Crippen molar-refractivity contribution in [2.24, 2.45) is 11.8 Å². The van der Waals surface area contributed by atoms with Gasteiger partial charge in [-0.15, -0.1) is 0 Å². The fourth-order valence-electron chi connectivity index (χ4n) is 2.58. The Balaban J connectivity index is 2.34. The number of carbonyl (C=O) groups excluding carboxylic acids is 1. The molecular formula is C14H27NO2. The van der Waals surface area contributed by atoms with Crippen molar-refractivity contribution >= 4 is 6.09 Å². The molecule has 1 N–H and O–H groups in total. The van der Waals surface area contributed by atoms with Crippen LogP contribution in [0.2, 0.25) is 0 Å². The van der Waals surface area contributed by atoms with E-state index in [4.69, 9.17) is 4.74 Å². The molecule has 0 heterocycles. The molecule has 0 aromatic rings. The zero-order valence-corrected chi connectivity index (χ0v) is 11.5. The average molecular weight is 241 g/mol. The fourth-order valence-corrected chi connectivity index (χ4v) is 2.58. The summed E-state index contributed by atoms with van der Waals surface area (Å²) in [6, 6.07) is 0. The summed E-state index contributed by atoms with van der Waals surface area (Å²) >= 11 is 0. The summed E-state index contributed by atoms with van der Waals surface area (Å²) < 4.78 is 5.56. The molecule has 0 bridgehead atoms. The summed E-state index contributed by atoms with van der Waals surface area (Å²) in [5.74, 6) is 1.14. The first kappa shape index (κ1) is 14.3. The van der Waals surface area contributed by atoms with E-state index in [0.717, 1.165) is 25.8 Å². The molecule has 100 valence electrons. The lowest BCUT2D eigenvalue weighted by molar-refractivity contribution is 0.0205. The highest BCUT2D eigenvalue weighted by Gasteiger charge is 2.30. The van der Waals surface area contributed by atoms with Crippen LogP contribution in [-0.4, -0.2) is 18.7 Å². The van der Waals surface area contributed by atoms with Gasteiger partial charge < -0.3 is 10.1 Å². The molecular weight excluding hydrogens is 214 g/mol. The lowest BCUT2D eigenvalue weighted by atomic mass is 9.79. The van der Waals surface area contributed by atoms with Gasteiger partial charge in [0.05, 0.1) is 0 Å². The van der Waals surface area contributed by atoms with Gasteiger partial charge in [0.15, 0.2) is 0 Å². The van der Waals surface area contributed by atoms with Crippen molar-refractivity contribution in [2.45, 2.75) is 65.4 Å². The molecule has 0 saturated heterocycles. The Hall–Kier alpha value is -0.730. The van der Waals surface area contributed by atoms with E-state index in [1.807, 2.05) is 0 Å². The van der Waals surface area contributed by atoms with Crippen LogP contribution in [0.25, 0.3) is 0 Å². The quantitative estimate of drug-likeness (QED) is 0.745. The van der Waals surface area contributed by atoms with Crippen LogP contribution in [0.15, 0.2) is 0 Å². The summed E-state index contributed by atoms with van der Waals surface area (Å²) in [5.41, 5.74) is 0. The third kappa shape index (κ3) is 4.97. The first-order valence-electron chi connectivity index (χ1n) is 7.09. The summed E-state index contributed by atoms with van der Waals surface area (Å²) in [5, 5.41) is 2.83. The number of amides is 1. The SMILES string of the molecule is CCCCNC(=O)OC1CCCCC1C(C)C. The number of hydrogen-bond donors (Lipinski definition) is 1. The van der Waals surface area contributed by atoms with Gasteiger partial charge in [0.2, 0.25) is 0 Å². The van der Waals surface area contributed by atoms with Gasteiger partial charge in [-0.1, -0.05) is 33.6 Å². The molecule has 17 heavy (non-hydrogen) atoms. The third-order valence-corrected chi connectivity index (χ3v) is 3.67. The number of alkyl carbamates (subject to hydrolysis) is 1. The van der Waals surface area contributed by atoms with Crippen molar-refractivity contribution in [1.29, 1.82) is 0 Å². The molecule has 1 aliphatic carbocycles. The summed E-state index contributed by atoms with van der Waals surface area (Å²) in [4.78, 5) is 11.6. The van der Waals surface area contributed by atoms with Crippen molar-refractivity contribution in [3.63, 3.8) is 0 Å². The number of ether oxygens (including phenoxy) is 1. The van der Waals surface area contributed by atoms with Gasteiger partial charge in [-0.2, -0.15) is 0 Å². The van der Waals surface area contributed by atoms with Gasteiger partial charge in [-0.25, -0.2) is 4.79 Å². The van der Waals surface area contributed by atoms with Gasteiger partial charge in [0, 0.05) is 6.54 Å². The number of nitrogens with one attached hydrogen (secondary N) is 1. The largest absolute Gasteiger partial charge is 0.446 e. The van der Waals surface area contributed by atoms with Crippen molar-refractivity contribution in [2.75, 3.05) is 6.54 Å². The van der Waals surface area contributed by atoms with Crippen LogP contribution in [0.5, 0.6) is 0 Å². The summed E-state index contributed by atoms with van der Waals surface area (Å²) in [6.07, 6.45) is 6.72. The van der Waals surface area contributed by atoms with Crippen LogP contribution < -0.4 is 5.32 Å². The molecule has 1 aliphatic rings. The van der Waals surface area contributed by atoms with E-state index in [1.54, 1.807) is 0 Å². The molecule has 0 radical (unpaired) electrons. The standard InChI is InChI=1S/C14H27NO2/c1-4-5-10-15-14(16)17-13-9-7-6-8-12(13)11(2)3/h11-13H,4-10H2,1-3H3,(H,15,16). The molecule has 1 rings (SSSR count). The van der Waals surface area contributed by atoms with E-state index in [-0.39, 0.29) is 12.2 Å². The molecule has 0 aromatic carbocycles. The van der Waals surface area contributed by atoms with Crippen LogP contribution in [0.4, 0.5) is 4.79 Å². The number of hydrogen-bond acceptors (Lipinski definition) is 2. The highest BCUT2D eigenvalue weighted by atomic mass is 16.6. The Morgan fingerprint density at radius 2 is 2.06 bits per heavy atom. The summed E-state index contributed by atoms with van der Waals surface area (Å²) in [6.45, 7) is 7.29. The van der Waals surface area contributed by atoms with Gasteiger partial charge >= 0.3 is 6.09 Å². The molecule has 1 fully saturated rings. The number of rotatable bonds is 5. The highest BCUT2D eigenvalue weighted by molar-refractivity contribution is 5.67. The molecule has 1 amide bonds. The van der Waals surface area contributed by atoms with Gasteiger partial charge in [0.1, 0.15) is 6.10 Å². The van der Waals surface area contributed by atoms with Crippen LogP contribution in [0.3, 0.4) is 0 Å². The second kappa shape index (κ2) is 7.57. The predicted octanol–water partition coefficient (Wildman–Crippen LogP) is 3.73. The second-order valence-corrected chi connectivity index (χ2v) is 5.42. The zero-order chi connectivity index (χ0) is 12.7. The van der Waals surface area contributed by atoms with E-state index in [1.165, 1.54) is 19.3 Å². The number of carbonyl (C=O) groups is 1. The minimum absolute atomic E-state index is 0.130. The van der Waals surface area contributed by atoms with E-state index in [0.29, 0.717) is 11.8 Å². The van der Waals surface area contributed by atoms with Gasteiger partial charge in [-0.05, 0) is 37.5 Å². The zero-order valence-electron chi connectivity index (χ0n) is 11.5. The van der Waals surface area contributed by atoms with Gasteiger partial charge in [-0.3, -0.25) is 0 Å². The third-order valence-electron chi connectivity index (χ3n) is 3.67. The molecule has 0 aromatic heterocycles. The topological polar surface area (TPSA) is 38.3 Å². The molecule has 2 atom stereocenters. The highest BCUT2D eigenvalue weighted by Crippen LogP contribution is 2.32. The smallest absolute Gasteiger partial charge is 0.407 e. The van der Waals surface area contributed by atoms with Crippen molar-refractivity contribution < 1.29 is 9.53 Å². The number of unbranched alkanes of at least 4 members (excludes halogenated alkanes) is 1. The maximum atomic E-state index is 11.6. The Morgan fingerprint density at radius 3 is 2.71 bits per heavy atom. The Kier molecular flexibility index (Phi) is 6.38. The van der Waals surface area contributed by atoms with E-state index < -0.39 is 0 Å². The Bertz CT molecular complexity index is 228. The summed E-state index contributed by atoms with van der Waals surface area (Å²) in [7, 11) is 0. The maximum Gasteiger partial charge on any atom is 0.407 e. The lowest BCUT2D eigenvalue weighted by Gasteiger charge is -2.33. The van der Waals surface area contributed by atoms with Crippen molar-refractivity contribution in [1.82, 2.24) is 5.32 Å². The minimum atomic E-state index is -0.226. The normalized spacial score (nSPS) is 24.7. The van der Waals surface area contributed by atoms with Crippen molar-refractivity contribution in [3.8, 4) is 0 Å². The molecule has 2 unspecified atom stereocenters. The van der Waals surface area contributed by atoms with Crippen molar-refractivity contribution in [3.05, 3.63) is 0 Å². The van der Waals surface area contributed by atoms with E-state index >= 15 is 0 Å². The fraction of sp³-hybridized carbons (Fsp3) is 0.929. The second-order valence-electron chi connectivity index (χ2n) is 5.42. The van der Waals surface area contributed by atoms with Gasteiger partial charge in [0.25, 0.3) is 0 Å². The molecule has 0 spiro atoms. The van der Waals surface area contributed by atoms with Crippen LogP contribution in [0, 0.1) is 11.8 Å². The lowest BCUT2D eigenvalue weighted by Crippen LogP contribution is -2.37. The molecule has 3 nitrogen and oxygen atoms in total. The average Bonchev–Trinajstić information content (AvgIpc) is 2.29. The molecule has 1 saturated carbocycles. The minimum Gasteiger partial charge on any atom is -0.446 e. The van der Waals surface area contributed by atoms with E-state index in [2.05, 4.69) is 26.1 Å². The Morgan fingerprint density at radius 1 is 1.35 bits per heavy atom. The van der Waals surface area contributed by atoms with E-state index in [9.17, 15) is 4.79 Å². The van der Waals surface area contributed by atoms with Crippen LogP contribution >= 0.6 is 0 Å². The monoisotopic (exact) mass is 241 g/mol. The van der Waals surface area contributed by atoms with Crippen LogP contribution in [-0.2, 0) is 4.74 Å². The molecule has 0 aliphatic heterocycles.